The zero-order chi connectivity index (χ0) is 15.9. The zero-order valence-electron chi connectivity index (χ0n) is 15.2. The van der Waals surface area contributed by atoms with Crippen LogP contribution in [0.2, 0.25) is 0 Å². The van der Waals surface area contributed by atoms with Crippen LogP contribution in [0.4, 0.5) is 0 Å². The van der Waals surface area contributed by atoms with Gasteiger partial charge >= 0.3 is 0 Å². The van der Waals surface area contributed by atoms with Gasteiger partial charge < -0.3 is 5.11 Å². The Kier molecular flexibility index (Phi) is 5.15. The second kappa shape index (κ2) is 5.24. The molecule has 0 rings (SSSR count). The predicted octanol–water partition coefficient (Wildman–Crippen LogP) is 5.58. The largest absolute Gasteiger partial charge is 0.390 e. The number of aliphatic hydroxyl groups is 1. The zero-order valence-corrected chi connectivity index (χ0v) is 15.2. The minimum Gasteiger partial charge on any atom is -0.390 e. The smallest absolute Gasteiger partial charge is 0.0597 e. The average Bonchev–Trinajstić information content (AvgIpc) is 2.11. The number of hydrogen-bond donors (Lipinski definition) is 1. The predicted molar refractivity (Wildman–Crippen MR) is 86.3 cm³/mol. The average molecular weight is 268 g/mol. The molecule has 0 saturated carbocycles. The van der Waals surface area contributed by atoms with E-state index in [4.69, 9.17) is 0 Å². The highest BCUT2D eigenvalue weighted by Gasteiger charge is 2.50. The molecule has 0 aromatic heterocycles. The monoisotopic (exact) mass is 268 g/mol. The summed E-state index contributed by atoms with van der Waals surface area (Å²) in [6.07, 6.45) is 0.798. The summed E-state index contributed by atoms with van der Waals surface area (Å²) in [7, 11) is 0. The fourth-order valence-corrected chi connectivity index (χ4v) is 3.24. The lowest BCUT2D eigenvalue weighted by Crippen LogP contribution is -2.48. The summed E-state index contributed by atoms with van der Waals surface area (Å²) in [4.78, 5) is 0. The minimum atomic E-state index is -0.629. The molecule has 0 saturated heterocycles. The first kappa shape index (κ1) is 18.7. The van der Waals surface area contributed by atoms with Crippen molar-refractivity contribution in [1.82, 2.24) is 0 Å². The quantitative estimate of drug-likeness (QED) is 0.645. The van der Waals surface area contributed by atoms with Gasteiger partial charge in [-0.1, -0.05) is 52.7 Å². The molecule has 0 aromatic rings. The van der Waals surface area contributed by atoms with Gasteiger partial charge in [-0.25, -0.2) is 0 Å². The van der Waals surface area contributed by atoms with Gasteiger partial charge in [-0.05, 0) is 57.3 Å². The van der Waals surface area contributed by atoms with Crippen molar-refractivity contribution in [1.29, 1.82) is 0 Å². The molecule has 0 bridgehead atoms. The van der Waals surface area contributed by atoms with Gasteiger partial charge in [0.1, 0.15) is 0 Å². The van der Waals surface area contributed by atoms with Crippen molar-refractivity contribution < 1.29 is 5.11 Å². The molecule has 0 radical (unpaired) electrons. The van der Waals surface area contributed by atoms with E-state index in [0.29, 0.717) is 0 Å². The van der Waals surface area contributed by atoms with Crippen molar-refractivity contribution in [2.24, 2.45) is 16.2 Å². The highest BCUT2D eigenvalue weighted by atomic mass is 16.3. The summed E-state index contributed by atoms with van der Waals surface area (Å²) in [5.74, 6) is 0. The second-order valence-electron chi connectivity index (χ2n) is 8.75. The van der Waals surface area contributed by atoms with E-state index in [1.807, 2.05) is 13.8 Å². The van der Waals surface area contributed by atoms with Crippen molar-refractivity contribution >= 4 is 0 Å². The van der Waals surface area contributed by atoms with E-state index < -0.39 is 5.60 Å². The van der Waals surface area contributed by atoms with Crippen molar-refractivity contribution in [3.63, 3.8) is 0 Å². The molecule has 0 atom stereocenters. The summed E-state index contributed by atoms with van der Waals surface area (Å²) in [6, 6.07) is 0. The third-order valence-corrected chi connectivity index (χ3v) is 5.82. The lowest BCUT2D eigenvalue weighted by atomic mass is 9.50. The fourth-order valence-electron chi connectivity index (χ4n) is 3.24. The van der Waals surface area contributed by atoms with Gasteiger partial charge in [0, 0.05) is 0 Å². The Morgan fingerprint density at radius 2 is 1.16 bits per heavy atom. The van der Waals surface area contributed by atoms with Gasteiger partial charge in [-0.2, -0.15) is 0 Å². The van der Waals surface area contributed by atoms with Crippen LogP contribution in [0.25, 0.3) is 0 Å². The number of allylic oxidation sites excluding steroid dienone is 2. The van der Waals surface area contributed by atoms with Gasteiger partial charge in [-0.3, -0.25) is 0 Å². The third kappa shape index (κ3) is 3.84. The van der Waals surface area contributed by atoms with Crippen molar-refractivity contribution in [2.75, 3.05) is 0 Å². The SMILES string of the molecule is CC(C)=C(C)C(C)(C)C(C)(C)C(C)(C)CC(C)(C)O. The summed E-state index contributed by atoms with van der Waals surface area (Å²) >= 11 is 0. The minimum absolute atomic E-state index is 0.0471. The van der Waals surface area contributed by atoms with Crippen LogP contribution in [0.15, 0.2) is 11.1 Å². The van der Waals surface area contributed by atoms with Crippen LogP contribution < -0.4 is 0 Å². The first-order chi connectivity index (χ1) is 8.06. The molecule has 1 N–H and O–H groups in total. The molecule has 0 heterocycles. The lowest BCUT2D eigenvalue weighted by Gasteiger charge is -2.54. The lowest BCUT2D eigenvalue weighted by molar-refractivity contribution is -0.0585. The van der Waals surface area contributed by atoms with Crippen LogP contribution in [-0.2, 0) is 0 Å². The molecule has 0 aliphatic heterocycles. The molecule has 0 aliphatic carbocycles. The molecule has 0 aromatic carbocycles. The van der Waals surface area contributed by atoms with Crippen LogP contribution in [0.5, 0.6) is 0 Å². The Morgan fingerprint density at radius 1 is 0.789 bits per heavy atom. The maximum absolute atomic E-state index is 10.2. The Hall–Kier alpha value is -0.300. The normalized spacial score (nSPS) is 14.5. The maximum atomic E-state index is 10.2. The molecule has 0 spiro atoms. The summed E-state index contributed by atoms with van der Waals surface area (Å²) < 4.78 is 0. The molecule has 0 fully saturated rings. The van der Waals surface area contributed by atoms with Gasteiger partial charge in [-0.15, -0.1) is 0 Å². The molecule has 19 heavy (non-hydrogen) atoms. The molecule has 0 amide bonds. The van der Waals surface area contributed by atoms with Crippen molar-refractivity contribution in [2.45, 2.75) is 88.2 Å². The van der Waals surface area contributed by atoms with Gasteiger partial charge in [0.15, 0.2) is 0 Å². The molecular formula is C18H36O. The number of hydrogen-bond acceptors (Lipinski definition) is 1. The van der Waals surface area contributed by atoms with Crippen LogP contribution in [0.1, 0.15) is 82.6 Å². The summed E-state index contributed by atoms with van der Waals surface area (Å²) in [6.45, 7) is 24.4. The molecular weight excluding hydrogens is 232 g/mol. The van der Waals surface area contributed by atoms with E-state index in [0.717, 1.165) is 6.42 Å². The molecule has 1 nitrogen and oxygen atoms in total. The second-order valence-corrected chi connectivity index (χ2v) is 8.75. The van der Waals surface area contributed by atoms with E-state index in [2.05, 4.69) is 62.3 Å². The highest BCUT2D eigenvalue weighted by Crippen LogP contribution is 2.57. The molecule has 1 heteroatoms. The van der Waals surface area contributed by atoms with E-state index in [1.54, 1.807) is 0 Å². The third-order valence-electron chi connectivity index (χ3n) is 5.82. The Morgan fingerprint density at radius 3 is 1.42 bits per heavy atom. The first-order valence-corrected chi connectivity index (χ1v) is 7.43. The van der Waals surface area contributed by atoms with Crippen LogP contribution >= 0.6 is 0 Å². The van der Waals surface area contributed by atoms with Crippen LogP contribution in [0, 0.1) is 16.2 Å². The molecule has 0 unspecified atom stereocenters. The molecule has 114 valence electrons. The summed E-state index contributed by atoms with van der Waals surface area (Å²) in [5, 5.41) is 10.2. The van der Waals surface area contributed by atoms with E-state index in [-0.39, 0.29) is 16.2 Å². The van der Waals surface area contributed by atoms with Crippen LogP contribution in [-0.4, -0.2) is 10.7 Å². The first-order valence-electron chi connectivity index (χ1n) is 7.43. The van der Waals surface area contributed by atoms with Gasteiger partial charge in [0.25, 0.3) is 0 Å². The van der Waals surface area contributed by atoms with E-state index in [9.17, 15) is 5.11 Å². The van der Waals surface area contributed by atoms with E-state index in [1.165, 1.54) is 11.1 Å². The Labute approximate surface area is 121 Å². The van der Waals surface area contributed by atoms with E-state index >= 15 is 0 Å². The Bertz CT molecular complexity index is 344. The van der Waals surface area contributed by atoms with Crippen LogP contribution in [0.3, 0.4) is 0 Å². The highest BCUT2D eigenvalue weighted by molar-refractivity contribution is 5.20. The van der Waals surface area contributed by atoms with Crippen molar-refractivity contribution in [3.05, 3.63) is 11.1 Å². The molecule has 0 aliphatic rings. The topological polar surface area (TPSA) is 20.2 Å². The Balaban J connectivity index is 5.66. The maximum Gasteiger partial charge on any atom is 0.0597 e. The van der Waals surface area contributed by atoms with Gasteiger partial charge in [0.05, 0.1) is 5.60 Å². The van der Waals surface area contributed by atoms with Crippen molar-refractivity contribution in [3.8, 4) is 0 Å². The summed E-state index contributed by atoms with van der Waals surface area (Å²) in [5.41, 5.74) is 2.46. The fraction of sp³-hybridized carbons (Fsp3) is 0.889. The number of rotatable bonds is 5. The standard InChI is InChI=1S/C18H36O/c1-13(2)14(3)17(8,9)18(10,11)15(4,5)12-16(6,7)19/h19H,12H2,1-11H3. The van der Waals surface area contributed by atoms with Gasteiger partial charge in [0.2, 0.25) is 0 Å².